The molecular formula is C12H24BNO7. The molecule has 4 atom stereocenters. The molecule has 21 heavy (non-hydrogen) atoms. The summed E-state index contributed by atoms with van der Waals surface area (Å²) in [7, 11) is -0.842. The standard InChI is InChI=1S/C12H24BNO7/c1-12(2,3)11(19)14-6-13-20-5-8(17)10(21-13)9(18)7(16)4-15/h7-10,15-18H,4-6H2,1-3H3,(H,14,19). The van der Waals surface area contributed by atoms with Gasteiger partial charge in [0.25, 0.3) is 0 Å². The number of amides is 1. The number of hydrogen-bond donors (Lipinski definition) is 5. The predicted octanol–water partition coefficient (Wildman–Crippen LogP) is -2.33. The van der Waals surface area contributed by atoms with Gasteiger partial charge in [0, 0.05) is 5.41 Å². The second kappa shape index (κ2) is 7.53. The summed E-state index contributed by atoms with van der Waals surface area (Å²) >= 11 is 0. The smallest absolute Gasteiger partial charge is 0.407 e. The van der Waals surface area contributed by atoms with Crippen LogP contribution >= 0.6 is 0 Å². The maximum Gasteiger partial charge on any atom is 0.477 e. The van der Waals surface area contributed by atoms with Gasteiger partial charge in [-0.3, -0.25) is 4.79 Å². The fraction of sp³-hybridized carbons (Fsp3) is 0.917. The van der Waals surface area contributed by atoms with E-state index in [-0.39, 0.29) is 19.0 Å². The van der Waals surface area contributed by atoms with Gasteiger partial charge in [-0.1, -0.05) is 20.8 Å². The van der Waals surface area contributed by atoms with Crippen molar-refractivity contribution in [2.24, 2.45) is 5.41 Å². The van der Waals surface area contributed by atoms with Gasteiger partial charge in [0.1, 0.15) is 18.3 Å². The van der Waals surface area contributed by atoms with Crippen molar-refractivity contribution < 1.29 is 34.5 Å². The van der Waals surface area contributed by atoms with E-state index in [2.05, 4.69) is 5.32 Å². The van der Waals surface area contributed by atoms with Crippen LogP contribution in [0.2, 0.25) is 0 Å². The lowest BCUT2D eigenvalue weighted by Crippen LogP contribution is -2.58. The fourth-order valence-corrected chi connectivity index (χ4v) is 1.79. The Kier molecular flexibility index (Phi) is 6.57. The number of rotatable bonds is 5. The highest BCUT2D eigenvalue weighted by molar-refractivity contribution is 6.45. The molecule has 0 saturated carbocycles. The van der Waals surface area contributed by atoms with Gasteiger partial charge in [0.2, 0.25) is 5.91 Å². The van der Waals surface area contributed by atoms with E-state index in [9.17, 15) is 20.1 Å². The molecule has 1 amide bonds. The molecule has 0 aliphatic carbocycles. The average Bonchev–Trinajstić information content (AvgIpc) is 2.43. The van der Waals surface area contributed by atoms with Gasteiger partial charge in [-0.15, -0.1) is 0 Å². The van der Waals surface area contributed by atoms with E-state index >= 15 is 0 Å². The zero-order chi connectivity index (χ0) is 16.2. The topological polar surface area (TPSA) is 128 Å². The SMILES string of the molecule is CC(C)(C)C(=O)NCB1OCC(O)C(C(O)C(O)CO)O1. The second-order valence-electron chi connectivity index (χ2n) is 6.13. The molecule has 1 saturated heterocycles. The Bertz CT molecular complexity index is 349. The lowest BCUT2D eigenvalue weighted by molar-refractivity contribution is -0.139. The van der Waals surface area contributed by atoms with E-state index in [1.54, 1.807) is 20.8 Å². The first kappa shape index (κ1) is 18.3. The molecule has 122 valence electrons. The molecular weight excluding hydrogens is 281 g/mol. The second-order valence-corrected chi connectivity index (χ2v) is 6.13. The number of aliphatic hydroxyl groups is 4. The molecule has 8 nitrogen and oxygen atoms in total. The Hall–Kier alpha value is -0.705. The van der Waals surface area contributed by atoms with Crippen LogP contribution in [0.15, 0.2) is 0 Å². The van der Waals surface area contributed by atoms with Crippen LogP contribution in [0, 0.1) is 5.41 Å². The summed E-state index contributed by atoms with van der Waals surface area (Å²) in [4.78, 5) is 11.7. The van der Waals surface area contributed by atoms with Gasteiger partial charge in [0.15, 0.2) is 0 Å². The molecule has 1 heterocycles. The van der Waals surface area contributed by atoms with Crippen LogP contribution < -0.4 is 5.32 Å². The van der Waals surface area contributed by atoms with E-state index in [1.807, 2.05) is 0 Å². The van der Waals surface area contributed by atoms with Gasteiger partial charge >= 0.3 is 7.12 Å². The third kappa shape index (κ3) is 5.21. The van der Waals surface area contributed by atoms with Crippen LogP contribution in [-0.4, -0.2) is 77.5 Å². The minimum absolute atomic E-state index is 0.0568. The third-order valence-electron chi connectivity index (χ3n) is 3.17. The average molecular weight is 305 g/mol. The van der Waals surface area contributed by atoms with Crippen LogP contribution in [0.3, 0.4) is 0 Å². The van der Waals surface area contributed by atoms with Crippen LogP contribution in [0.25, 0.3) is 0 Å². The quantitative estimate of drug-likeness (QED) is 0.360. The van der Waals surface area contributed by atoms with Gasteiger partial charge < -0.3 is 35.1 Å². The van der Waals surface area contributed by atoms with Crippen molar-refractivity contribution in [1.29, 1.82) is 0 Å². The summed E-state index contributed by atoms with van der Waals surface area (Å²) in [6.07, 6.45) is -5.04. The first-order valence-corrected chi connectivity index (χ1v) is 6.87. The van der Waals surface area contributed by atoms with Crippen LogP contribution in [-0.2, 0) is 14.1 Å². The first-order valence-electron chi connectivity index (χ1n) is 6.87. The van der Waals surface area contributed by atoms with Gasteiger partial charge in [-0.05, 0) is 0 Å². The Morgan fingerprint density at radius 3 is 2.57 bits per heavy atom. The van der Waals surface area contributed by atoms with Crippen LogP contribution in [0.5, 0.6) is 0 Å². The highest BCUT2D eigenvalue weighted by Crippen LogP contribution is 2.17. The Morgan fingerprint density at radius 2 is 2.05 bits per heavy atom. The first-order chi connectivity index (χ1) is 9.66. The zero-order valence-corrected chi connectivity index (χ0v) is 12.5. The van der Waals surface area contributed by atoms with E-state index in [1.165, 1.54) is 0 Å². The molecule has 0 spiro atoms. The minimum atomic E-state index is -1.45. The van der Waals surface area contributed by atoms with Crippen molar-refractivity contribution >= 4 is 13.0 Å². The largest absolute Gasteiger partial charge is 0.477 e. The van der Waals surface area contributed by atoms with Crippen molar-refractivity contribution in [3.05, 3.63) is 0 Å². The number of aliphatic hydroxyl groups excluding tert-OH is 4. The molecule has 1 aliphatic rings. The van der Waals surface area contributed by atoms with Gasteiger partial charge in [-0.25, -0.2) is 0 Å². The van der Waals surface area contributed by atoms with Crippen molar-refractivity contribution in [2.45, 2.75) is 45.2 Å². The maximum absolute atomic E-state index is 11.7. The number of carbonyl (C=O) groups excluding carboxylic acids is 1. The molecule has 0 bridgehead atoms. The molecule has 0 aromatic heterocycles. The molecule has 5 N–H and O–H groups in total. The molecule has 1 fully saturated rings. The number of carbonyl (C=O) groups is 1. The Balaban J connectivity index is 2.54. The molecule has 1 rings (SSSR count). The molecule has 9 heteroatoms. The summed E-state index contributed by atoms with van der Waals surface area (Å²) in [5.41, 5.74) is -0.555. The van der Waals surface area contributed by atoms with Gasteiger partial charge in [-0.2, -0.15) is 0 Å². The summed E-state index contributed by atoms with van der Waals surface area (Å²) < 4.78 is 10.5. The zero-order valence-electron chi connectivity index (χ0n) is 12.5. The monoisotopic (exact) mass is 305 g/mol. The number of nitrogens with one attached hydrogen (secondary N) is 1. The molecule has 1 aliphatic heterocycles. The lowest BCUT2D eigenvalue weighted by atomic mass is 9.84. The van der Waals surface area contributed by atoms with Crippen molar-refractivity contribution in [3.63, 3.8) is 0 Å². The highest BCUT2D eigenvalue weighted by Gasteiger charge is 2.41. The summed E-state index contributed by atoms with van der Waals surface area (Å²) in [5, 5.41) is 40.4. The van der Waals surface area contributed by atoms with Crippen molar-refractivity contribution in [2.75, 3.05) is 19.7 Å². The van der Waals surface area contributed by atoms with E-state index < -0.39 is 43.6 Å². The Morgan fingerprint density at radius 1 is 1.43 bits per heavy atom. The van der Waals surface area contributed by atoms with Crippen molar-refractivity contribution in [1.82, 2.24) is 5.32 Å². The number of hydrogen-bond acceptors (Lipinski definition) is 7. The summed E-state index contributed by atoms with van der Waals surface area (Å²) in [5.74, 6) is -0.187. The third-order valence-corrected chi connectivity index (χ3v) is 3.17. The summed E-state index contributed by atoms with van der Waals surface area (Å²) in [6.45, 7) is 4.53. The lowest BCUT2D eigenvalue weighted by Gasteiger charge is -2.36. The highest BCUT2D eigenvalue weighted by atomic mass is 16.6. The minimum Gasteiger partial charge on any atom is -0.407 e. The van der Waals surface area contributed by atoms with E-state index in [0.717, 1.165) is 0 Å². The van der Waals surface area contributed by atoms with Crippen LogP contribution in [0.4, 0.5) is 0 Å². The van der Waals surface area contributed by atoms with E-state index in [4.69, 9.17) is 14.4 Å². The fourth-order valence-electron chi connectivity index (χ4n) is 1.79. The van der Waals surface area contributed by atoms with Crippen LogP contribution in [0.1, 0.15) is 20.8 Å². The normalized spacial score (nSPS) is 26.3. The Labute approximate surface area is 124 Å². The summed E-state index contributed by atoms with van der Waals surface area (Å²) in [6, 6.07) is 0. The maximum atomic E-state index is 11.7. The van der Waals surface area contributed by atoms with Gasteiger partial charge in [0.05, 0.1) is 25.8 Å². The predicted molar refractivity (Wildman–Crippen MR) is 74.1 cm³/mol. The van der Waals surface area contributed by atoms with E-state index in [0.29, 0.717) is 0 Å². The molecule has 0 radical (unpaired) electrons. The molecule has 0 aromatic rings. The molecule has 0 aromatic carbocycles. The van der Waals surface area contributed by atoms with Crippen molar-refractivity contribution in [3.8, 4) is 0 Å². The molecule has 4 unspecified atom stereocenters.